The highest BCUT2D eigenvalue weighted by atomic mass is 16.2. The summed E-state index contributed by atoms with van der Waals surface area (Å²) in [4.78, 5) is 26.7. The van der Waals surface area contributed by atoms with Gasteiger partial charge in [0, 0.05) is 18.3 Å². The average Bonchev–Trinajstić information content (AvgIpc) is 3.42. The normalized spacial score (nSPS) is 23.0. The molecule has 0 spiro atoms. The number of benzene rings is 2. The Kier molecular flexibility index (Phi) is 5.57. The highest BCUT2D eigenvalue weighted by Gasteiger charge is 2.37. The maximum absolute atomic E-state index is 12.9. The second kappa shape index (κ2) is 8.52. The minimum absolute atomic E-state index is 0.0170. The first-order chi connectivity index (χ1) is 15.5. The standard InChI is InChI=1S/C26H30N4O2/c1-3-25(31)30-12-11-21-14-20(9-10-23(21)30)19-6-4-5-18(13-19)16(2)26(32)27-24-15-22(28-29-24)17-7-8-17/h3-6,9-10,13-14,16-17,22,24,28-29H,1,7-8,11-12,15H2,2H3,(H,27,32). The van der Waals surface area contributed by atoms with Crippen LogP contribution in [-0.2, 0) is 16.0 Å². The Labute approximate surface area is 189 Å². The molecular weight excluding hydrogens is 400 g/mol. The summed E-state index contributed by atoms with van der Waals surface area (Å²) >= 11 is 0. The van der Waals surface area contributed by atoms with Crippen LogP contribution in [0.4, 0.5) is 5.69 Å². The van der Waals surface area contributed by atoms with E-state index in [9.17, 15) is 9.59 Å². The van der Waals surface area contributed by atoms with Crippen LogP contribution in [0.25, 0.3) is 11.1 Å². The number of hydrazine groups is 1. The number of hydrogen-bond donors (Lipinski definition) is 3. The lowest BCUT2D eigenvalue weighted by molar-refractivity contribution is -0.123. The van der Waals surface area contributed by atoms with Gasteiger partial charge in [0.2, 0.25) is 11.8 Å². The zero-order chi connectivity index (χ0) is 22.2. The van der Waals surface area contributed by atoms with E-state index >= 15 is 0 Å². The first-order valence-electron chi connectivity index (χ1n) is 11.5. The third-order valence-electron chi connectivity index (χ3n) is 6.97. The van der Waals surface area contributed by atoms with Crippen LogP contribution in [0.15, 0.2) is 55.1 Å². The van der Waals surface area contributed by atoms with Gasteiger partial charge in [0.25, 0.3) is 0 Å². The Morgan fingerprint density at radius 1 is 1.16 bits per heavy atom. The molecule has 6 heteroatoms. The summed E-state index contributed by atoms with van der Waals surface area (Å²) < 4.78 is 0. The molecule has 3 N–H and O–H groups in total. The zero-order valence-corrected chi connectivity index (χ0v) is 18.4. The van der Waals surface area contributed by atoms with Crippen molar-refractivity contribution in [2.45, 2.75) is 50.7 Å². The predicted molar refractivity (Wildman–Crippen MR) is 126 cm³/mol. The molecule has 5 rings (SSSR count). The van der Waals surface area contributed by atoms with E-state index in [1.54, 1.807) is 4.90 Å². The summed E-state index contributed by atoms with van der Waals surface area (Å²) in [5.74, 6) is 0.485. The topological polar surface area (TPSA) is 73.5 Å². The number of amides is 2. The monoisotopic (exact) mass is 430 g/mol. The van der Waals surface area contributed by atoms with Crippen molar-refractivity contribution in [2.24, 2.45) is 5.92 Å². The third kappa shape index (κ3) is 4.08. The van der Waals surface area contributed by atoms with Crippen molar-refractivity contribution in [2.75, 3.05) is 11.4 Å². The van der Waals surface area contributed by atoms with Crippen molar-refractivity contribution < 1.29 is 9.59 Å². The number of hydrogen-bond acceptors (Lipinski definition) is 4. The Hall–Kier alpha value is -2.96. The third-order valence-corrected chi connectivity index (χ3v) is 6.97. The fraction of sp³-hybridized carbons (Fsp3) is 0.385. The summed E-state index contributed by atoms with van der Waals surface area (Å²) in [6.45, 7) is 6.24. The molecule has 3 unspecified atom stereocenters. The molecule has 32 heavy (non-hydrogen) atoms. The number of nitrogens with zero attached hydrogens (tertiary/aromatic N) is 1. The first kappa shape index (κ1) is 20.9. The van der Waals surface area contributed by atoms with Crippen LogP contribution >= 0.6 is 0 Å². The minimum atomic E-state index is -0.244. The Morgan fingerprint density at radius 2 is 1.97 bits per heavy atom. The molecular formula is C26H30N4O2. The molecule has 2 aromatic carbocycles. The van der Waals surface area contributed by atoms with Crippen LogP contribution in [0.3, 0.4) is 0 Å². The van der Waals surface area contributed by atoms with E-state index in [0.717, 1.165) is 41.1 Å². The molecule has 0 aromatic heterocycles. The second-order valence-electron chi connectivity index (χ2n) is 9.16. The maximum atomic E-state index is 12.9. The zero-order valence-electron chi connectivity index (χ0n) is 18.4. The van der Waals surface area contributed by atoms with E-state index in [2.05, 4.69) is 40.9 Å². The van der Waals surface area contributed by atoms with E-state index in [1.807, 2.05) is 31.2 Å². The van der Waals surface area contributed by atoms with E-state index in [0.29, 0.717) is 12.6 Å². The minimum Gasteiger partial charge on any atom is -0.339 e. The molecule has 1 aliphatic carbocycles. The molecule has 1 saturated heterocycles. The van der Waals surface area contributed by atoms with Crippen LogP contribution < -0.4 is 21.1 Å². The Morgan fingerprint density at radius 3 is 2.75 bits per heavy atom. The van der Waals surface area contributed by atoms with Crippen LogP contribution in [0, 0.1) is 5.92 Å². The quantitative estimate of drug-likeness (QED) is 0.615. The Balaban J connectivity index is 1.28. The summed E-state index contributed by atoms with van der Waals surface area (Å²) in [6.07, 6.45) is 5.69. The smallest absolute Gasteiger partial charge is 0.250 e. The van der Waals surface area contributed by atoms with Crippen LogP contribution in [0.1, 0.15) is 43.2 Å². The molecule has 2 aliphatic heterocycles. The van der Waals surface area contributed by atoms with Gasteiger partial charge in [-0.3, -0.25) is 15.0 Å². The van der Waals surface area contributed by atoms with Gasteiger partial charge in [-0.05, 0) is 79.0 Å². The summed E-state index contributed by atoms with van der Waals surface area (Å²) in [7, 11) is 0. The van der Waals surface area contributed by atoms with Crippen LogP contribution in [0.5, 0.6) is 0 Å². The van der Waals surface area contributed by atoms with E-state index in [-0.39, 0.29) is 23.9 Å². The lowest BCUT2D eigenvalue weighted by Crippen LogP contribution is -2.45. The molecule has 0 radical (unpaired) electrons. The van der Waals surface area contributed by atoms with Crippen molar-refractivity contribution in [3.63, 3.8) is 0 Å². The summed E-state index contributed by atoms with van der Waals surface area (Å²) in [6, 6.07) is 14.9. The van der Waals surface area contributed by atoms with Gasteiger partial charge in [-0.2, -0.15) is 0 Å². The maximum Gasteiger partial charge on any atom is 0.250 e. The van der Waals surface area contributed by atoms with Gasteiger partial charge in [0.1, 0.15) is 0 Å². The van der Waals surface area contributed by atoms with Gasteiger partial charge in [0.05, 0.1) is 12.1 Å². The molecule has 3 atom stereocenters. The van der Waals surface area contributed by atoms with Gasteiger partial charge >= 0.3 is 0 Å². The molecule has 2 amide bonds. The van der Waals surface area contributed by atoms with Crippen molar-refractivity contribution in [1.29, 1.82) is 0 Å². The highest BCUT2D eigenvalue weighted by molar-refractivity contribution is 6.02. The second-order valence-corrected chi connectivity index (χ2v) is 9.16. The highest BCUT2D eigenvalue weighted by Crippen LogP contribution is 2.36. The van der Waals surface area contributed by atoms with E-state index in [1.165, 1.54) is 24.5 Å². The predicted octanol–water partition coefficient (Wildman–Crippen LogP) is 3.25. The molecule has 0 bridgehead atoms. The number of carbonyl (C=O) groups excluding carboxylic acids is 2. The van der Waals surface area contributed by atoms with Crippen molar-refractivity contribution in [3.8, 4) is 11.1 Å². The Bertz CT molecular complexity index is 1060. The lowest BCUT2D eigenvalue weighted by atomic mass is 9.94. The first-order valence-corrected chi connectivity index (χ1v) is 11.5. The summed E-state index contributed by atoms with van der Waals surface area (Å²) in [5, 5.41) is 3.15. The molecule has 3 aliphatic rings. The number of carbonyl (C=O) groups is 2. The van der Waals surface area contributed by atoms with Crippen molar-refractivity contribution >= 4 is 17.5 Å². The lowest BCUT2D eigenvalue weighted by Gasteiger charge is -2.18. The van der Waals surface area contributed by atoms with Crippen LogP contribution in [-0.4, -0.2) is 30.6 Å². The molecule has 2 heterocycles. The molecule has 6 nitrogen and oxygen atoms in total. The molecule has 2 fully saturated rings. The molecule has 1 saturated carbocycles. The fourth-order valence-corrected chi connectivity index (χ4v) is 4.84. The summed E-state index contributed by atoms with van der Waals surface area (Å²) in [5.41, 5.74) is 11.8. The van der Waals surface area contributed by atoms with Gasteiger partial charge in [-0.25, -0.2) is 5.43 Å². The molecule has 166 valence electrons. The van der Waals surface area contributed by atoms with Gasteiger partial charge in [-0.1, -0.05) is 36.9 Å². The van der Waals surface area contributed by atoms with Crippen LogP contribution in [0.2, 0.25) is 0 Å². The SMILES string of the molecule is C=CC(=O)N1CCc2cc(-c3cccc(C(C)C(=O)NC4CC(C5CC5)NN4)c3)ccc21. The largest absolute Gasteiger partial charge is 0.339 e. The van der Waals surface area contributed by atoms with Gasteiger partial charge in [-0.15, -0.1) is 0 Å². The van der Waals surface area contributed by atoms with Gasteiger partial charge < -0.3 is 10.2 Å². The molecule has 2 aromatic rings. The van der Waals surface area contributed by atoms with E-state index in [4.69, 9.17) is 0 Å². The number of rotatable bonds is 6. The average molecular weight is 431 g/mol. The van der Waals surface area contributed by atoms with Crippen molar-refractivity contribution in [1.82, 2.24) is 16.2 Å². The number of fused-ring (bicyclic) bond motifs is 1. The van der Waals surface area contributed by atoms with E-state index < -0.39 is 0 Å². The fourth-order valence-electron chi connectivity index (χ4n) is 4.84. The van der Waals surface area contributed by atoms with Gasteiger partial charge in [0.15, 0.2) is 0 Å². The van der Waals surface area contributed by atoms with Crippen molar-refractivity contribution in [3.05, 3.63) is 66.2 Å². The number of nitrogens with one attached hydrogen (secondary N) is 3. The number of anilines is 1.